The molecule has 6 aromatic carbocycles. The van der Waals surface area contributed by atoms with Crippen LogP contribution in [0.5, 0.6) is 92.0 Å². The maximum Gasteiger partial charge on any atom is 0.338 e. The summed E-state index contributed by atoms with van der Waals surface area (Å²) in [6, 6.07) is 12.6. The van der Waals surface area contributed by atoms with Gasteiger partial charge < -0.3 is 90.4 Å². The molecule has 14 N–H and O–H groups in total. The fourth-order valence-corrected chi connectivity index (χ4v) is 7.74. The number of carbonyl (C=O) groups is 2. The lowest BCUT2D eigenvalue weighted by Gasteiger charge is -2.42. The summed E-state index contributed by atoms with van der Waals surface area (Å²) in [6.45, 7) is 0. The minimum absolute atomic E-state index is 0.0106. The summed E-state index contributed by atoms with van der Waals surface area (Å²) in [6.07, 6.45) is -6.98. The molecule has 20 heteroatoms. The largest absolute Gasteiger partial charge is 0.508 e. The van der Waals surface area contributed by atoms with Gasteiger partial charge in [-0.15, -0.1) is 0 Å². The van der Waals surface area contributed by atoms with Crippen LogP contribution in [0.2, 0.25) is 0 Å². The van der Waals surface area contributed by atoms with Crippen molar-refractivity contribution in [3.8, 4) is 92.0 Å². The Morgan fingerprint density at radius 3 is 1.50 bits per heavy atom. The average Bonchev–Trinajstić information content (AvgIpc) is 3.23. The van der Waals surface area contributed by atoms with Gasteiger partial charge in [0, 0.05) is 52.4 Å². The fourth-order valence-electron chi connectivity index (χ4n) is 7.74. The SMILES string of the molecule is O=C(O[C@@H]1Cc2c(O)cc(O)c(C3c4c(O)cc(O)cc4O[C@H](c4ccc(O)c(O)c4)[C@H]3OC(=O)c3cc(O)c(O)c(O)c3)c2O[C@@H]1c1ccc(O)c(O)c1)c1cc(O)c(O)c(O)c1. The number of rotatable bonds is 7. The molecule has 2 aliphatic heterocycles. The number of hydrogen-bond donors (Lipinski definition) is 14. The third-order valence-electron chi connectivity index (χ3n) is 10.7. The van der Waals surface area contributed by atoms with Gasteiger partial charge in [-0.25, -0.2) is 9.59 Å². The molecule has 8 rings (SSSR count). The maximum atomic E-state index is 14.1. The second kappa shape index (κ2) is 15.5. The molecule has 6 aromatic rings. The Morgan fingerprint density at radius 1 is 0.469 bits per heavy atom. The predicted octanol–water partition coefficient (Wildman–Crippen LogP) is 4.96. The number of ether oxygens (including phenoxy) is 4. The molecule has 1 unspecified atom stereocenters. The summed E-state index contributed by atoms with van der Waals surface area (Å²) in [7, 11) is 0. The highest BCUT2D eigenvalue weighted by molar-refractivity contribution is 5.92. The van der Waals surface area contributed by atoms with Crippen LogP contribution in [0.3, 0.4) is 0 Å². The molecule has 0 radical (unpaired) electrons. The molecule has 2 aliphatic rings. The van der Waals surface area contributed by atoms with Gasteiger partial charge in [-0.3, -0.25) is 0 Å². The van der Waals surface area contributed by atoms with Crippen LogP contribution in [-0.4, -0.2) is 95.6 Å². The molecule has 2 heterocycles. The second-order valence-electron chi connectivity index (χ2n) is 14.8. The van der Waals surface area contributed by atoms with Crippen molar-refractivity contribution in [1.82, 2.24) is 0 Å². The van der Waals surface area contributed by atoms with E-state index in [1.54, 1.807) is 0 Å². The van der Waals surface area contributed by atoms with Crippen molar-refractivity contribution in [1.29, 1.82) is 0 Å². The van der Waals surface area contributed by atoms with Gasteiger partial charge in [0.1, 0.15) is 40.6 Å². The van der Waals surface area contributed by atoms with E-state index < -0.39 is 146 Å². The molecule has 20 nitrogen and oxygen atoms in total. The minimum Gasteiger partial charge on any atom is -0.508 e. The number of aromatic hydroxyl groups is 14. The van der Waals surface area contributed by atoms with Gasteiger partial charge >= 0.3 is 11.9 Å². The van der Waals surface area contributed by atoms with Crippen molar-refractivity contribution in [2.45, 2.75) is 36.8 Å². The van der Waals surface area contributed by atoms with Crippen LogP contribution in [0.25, 0.3) is 0 Å². The predicted molar refractivity (Wildman–Crippen MR) is 213 cm³/mol. The van der Waals surface area contributed by atoms with E-state index in [0.717, 1.165) is 66.7 Å². The molecule has 0 saturated carbocycles. The topological polar surface area (TPSA) is 354 Å². The molecule has 0 aromatic heterocycles. The highest BCUT2D eigenvalue weighted by Crippen LogP contribution is 2.58. The number of phenols is 14. The smallest absolute Gasteiger partial charge is 0.338 e. The summed E-state index contributed by atoms with van der Waals surface area (Å²) >= 11 is 0. The molecule has 0 spiro atoms. The molecule has 0 amide bonds. The highest BCUT2D eigenvalue weighted by Gasteiger charge is 2.49. The minimum atomic E-state index is -1.85. The molecule has 64 heavy (non-hydrogen) atoms. The van der Waals surface area contributed by atoms with Crippen molar-refractivity contribution >= 4 is 11.9 Å². The highest BCUT2D eigenvalue weighted by atomic mass is 16.6. The Hall–Kier alpha value is -8.94. The first-order valence-corrected chi connectivity index (χ1v) is 18.7. The molecule has 0 fully saturated rings. The van der Waals surface area contributed by atoms with E-state index in [9.17, 15) is 81.1 Å². The third-order valence-corrected chi connectivity index (χ3v) is 10.7. The van der Waals surface area contributed by atoms with Gasteiger partial charge in [0.15, 0.2) is 75.8 Å². The zero-order valence-electron chi connectivity index (χ0n) is 32.3. The Balaban J connectivity index is 1.34. The summed E-state index contributed by atoms with van der Waals surface area (Å²) in [4.78, 5) is 27.6. The Bertz CT molecular complexity index is 2860. The Labute approximate surface area is 358 Å². The van der Waals surface area contributed by atoms with Crippen molar-refractivity contribution < 1.29 is 100 Å². The Morgan fingerprint density at radius 2 is 0.969 bits per heavy atom. The molecule has 5 atom stereocenters. The number of phenolic OH excluding ortho intramolecular Hbond substituents is 14. The van der Waals surface area contributed by atoms with Gasteiger partial charge in [-0.05, 0) is 48.5 Å². The van der Waals surface area contributed by atoms with Crippen LogP contribution >= 0.6 is 0 Å². The molecule has 0 saturated heterocycles. The number of carbonyl (C=O) groups excluding carboxylic acids is 2. The average molecular weight is 883 g/mol. The quantitative estimate of drug-likeness (QED) is 0.0744. The van der Waals surface area contributed by atoms with Crippen LogP contribution < -0.4 is 9.47 Å². The monoisotopic (exact) mass is 882 g/mol. The van der Waals surface area contributed by atoms with Crippen LogP contribution in [0.1, 0.15) is 66.7 Å². The summed E-state index contributed by atoms with van der Waals surface area (Å²) in [5.41, 5.74) is -1.85. The van der Waals surface area contributed by atoms with Gasteiger partial charge in [-0.2, -0.15) is 0 Å². The first-order chi connectivity index (χ1) is 30.3. The van der Waals surface area contributed by atoms with E-state index in [4.69, 9.17) is 18.9 Å². The standard InChI is InChI=1S/C44H34O20/c45-19-11-26(51)34-32(12-19)61-40(16-2-4-22(47)25(50)6-16)42(64-44(60)18-9-30(55)38(58)31(56)10-18)36(34)35-27(52)14-23(48)20-13-33(62-43(59)17-7-28(53)37(57)29(54)8-17)39(63-41(20)35)15-1-3-21(46)24(49)5-15/h1-12,14,33,36,39-40,42,45-58H,13H2/t33-,36?,39-,40-,42+/m1/s1. The lowest BCUT2D eigenvalue weighted by atomic mass is 9.77. The first-order valence-electron chi connectivity index (χ1n) is 18.7. The first kappa shape index (κ1) is 41.8. The molecular weight excluding hydrogens is 848 g/mol. The number of esters is 2. The summed E-state index contributed by atoms with van der Waals surface area (Å²) in [5, 5.41) is 147. The van der Waals surface area contributed by atoms with Crippen LogP contribution in [-0.2, 0) is 15.9 Å². The van der Waals surface area contributed by atoms with Gasteiger partial charge in [0.2, 0.25) is 0 Å². The van der Waals surface area contributed by atoms with E-state index >= 15 is 0 Å². The lowest BCUT2D eigenvalue weighted by Crippen LogP contribution is -2.40. The van der Waals surface area contributed by atoms with Gasteiger partial charge in [0.05, 0.1) is 17.0 Å². The number of hydrogen-bond acceptors (Lipinski definition) is 20. The van der Waals surface area contributed by atoms with E-state index in [2.05, 4.69) is 0 Å². The molecule has 0 bridgehead atoms. The second-order valence-corrected chi connectivity index (χ2v) is 14.8. The molecular formula is C44H34O20. The van der Waals surface area contributed by atoms with Gasteiger partial charge in [-0.1, -0.05) is 12.1 Å². The van der Waals surface area contributed by atoms with E-state index in [-0.39, 0.29) is 33.6 Å². The normalized spacial score (nSPS) is 18.7. The Kier molecular flexibility index (Phi) is 10.1. The van der Waals surface area contributed by atoms with Gasteiger partial charge in [0.25, 0.3) is 0 Å². The lowest BCUT2D eigenvalue weighted by molar-refractivity contribution is -0.0303. The van der Waals surface area contributed by atoms with E-state index in [0.29, 0.717) is 0 Å². The van der Waals surface area contributed by atoms with Crippen molar-refractivity contribution in [2.24, 2.45) is 0 Å². The summed E-state index contributed by atoms with van der Waals surface area (Å²) in [5.74, 6) is -15.6. The zero-order chi connectivity index (χ0) is 46.0. The van der Waals surface area contributed by atoms with E-state index in [1.807, 2.05) is 0 Å². The summed E-state index contributed by atoms with van der Waals surface area (Å²) < 4.78 is 24.6. The van der Waals surface area contributed by atoms with Crippen molar-refractivity contribution in [3.05, 3.63) is 118 Å². The molecule has 330 valence electrons. The molecule has 0 aliphatic carbocycles. The van der Waals surface area contributed by atoms with Crippen LogP contribution in [0, 0.1) is 0 Å². The van der Waals surface area contributed by atoms with Crippen LogP contribution in [0.15, 0.2) is 78.9 Å². The number of fused-ring (bicyclic) bond motifs is 2. The maximum absolute atomic E-state index is 14.1. The number of benzene rings is 6. The van der Waals surface area contributed by atoms with Crippen molar-refractivity contribution in [3.63, 3.8) is 0 Å². The zero-order valence-corrected chi connectivity index (χ0v) is 32.3. The fraction of sp³-hybridized carbons (Fsp3) is 0.136. The van der Waals surface area contributed by atoms with Crippen LogP contribution in [0.4, 0.5) is 0 Å². The van der Waals surface area contributed by atoms with E-state index in [1.165, 1.54) is 12.1 Å². The van der Waals surface area contributed by atoms with Crippen molar-refractivity contribution in [2.75, 3.05) is 0 Å². The third kappa shape index (κ3) is 7.23.